The number of carbonyl (C=O) groups is 2. The minimum absolute atomic E-state index is 0.00884. The molecule has 5 N–H and O–H groups in total. The van der Waals surface area contributed by atoms with Gasteiger partial charge in [0, 0.05) is 23.5 Å². The Hall–Kier alpha value is -2.70. The summed E-state index contributed by atoms with van der Waals surface area (Å²) < 4.78 is 0. The molecule has 0 fully saturated rings. The maximum Gasteiger partial charge on any atom is 0.405 e. The molecule has 1 aromatic heterocycles. The van der Waals surface area contributed by atoms with Crippen LogP contribution in [0.3, 0.4) is 0 Å². The van der Waals surface area contributed by atoms with Crippen molar-refractivity contribution in [2.24, 2.45) is 0 Å². The summed E-state index contributed by atoms with van der Waals surface area (Å²) in [5.41, 5.74) is 1.36. The van der Waals surface area contributed by atoms with Crippen molar-refractivity contribution in [2.75, 3.05) is 0 Å². The molecule has 19 heavy (non-hydrogen) atoms. The molecule has 7 nitrogen and oxygen atoms in total. The highest BCUT2D eigenvalue weighted by molar-refractivity contribution is 5.86. The van der Waals surface area contributed by atoms with Gasteiger partial charge in [-0.25, -0.2) is 9.59 Å². The summed E-state index contributed by atoms with van der Waals surface area (Å²) in [6.45, 7) is 0. The lowest BCUT2D eigenvalue weighted by Crippen LogP contribution is -2.41. The van der Waals surface area contributed by atoms with Crippen LogP contribution in [0.1, 0.15) is 5.56 Å². The summed E-state index contributed by atoms with van der Waals surface area (Å²) in [6, 6.07) is 3.43. The fraction of sp³-hybridized carbons (Fsp3) is 0.167. The number of phenols is 1. The number of hydrogen-bond donors (Lipinski definition) is 5. The molecule has 1 amide bonds. The number of nitrogens with one attached hydrogen (secondary N) is 2. The van der Waals surface area contributed by atoms with Gasteiger partial charge in [-0.15, -0.1) is 0 Å². The second kappa shape index (κ2) is 4.89. The van der Waals surface area contributed by atoms with Crippen molar-refractivity contribution in [1.82, 2.24) is 10.3 Å². The van der Waals surface area contributed by atoms with E-state index in [1.54, 1.807) is 12.3 Å². The van der Waals surface area contributed by atoms with Crippen LogP contribution >= 0.6 is 0 Å². The summed E-state index contributed by atoms with van der Waals surface area (Å²) in [7, 11) is 0. The maximum atomic E-state index is 11.0. The number of carboxylic acids is 1. The van der Waals surface area contributed by atoms with E-state index in [1.165, 1.54) is 12.1 Å². The number of hydrogen-bond acceptors (Lipinski definition) is 3. The minimum atomic E-state index is -1.39. The van der Waals surface area contributed by atoms with E-state index in [0.29, 0.717) is 10.9 Å². The van der Waals surface area contributed by atoms with Gasteiger partial charge in [-0.1, -0.05) is 0 Å². The summed E-state index contributed by atoms with van der Waals surface area (Å²) in [4.78, 5) is 24.5. The number of benzene rings is 1. The van der Waals surface area contributed by atoms with Gasteiger partial charge in [0.2, 0.25) is 0 Å². The van der Waals surface area contributed by atoms with Crippen LogP contribution in [0.2, 0.25) is 0 Å². The van der Waals surface area contributed by atoms with E-state index >= 15 is 0 Å². The molecule has 0 unspecified atom stereocenters. The van der Waals surface area contributed by atoms with Crippen LogP contribution in [0.25, 0.3) is 10.9 Å². The Bertz CT molecular complexity index is 634. The molecule has 100 valence electrons. The number of rotatable bonds is 4. The molecular weight excluding hydrogens is 252 g/mol. The highest BCUT2D eigenvalue weighted by Crippen LogP contribution is 2.23. The lowest BCUT2D eigenvalue weighted by atomic mass is 10.0. The first-order valence-electron chi connectivity index (χ1n) is 5.48. The van der Waals surface area contributed by atoms with Gasteiger partial charge in [0.15, 0.2) is 0 Å². The number of carboxylic acid groups (broad SMARTS) is 2. The SMILES string of the molecule is O=C(O)N[C@@H](Cc1c[nH]c2ccc(O)cc12)C(=O)O. The summed E-state index contributed by atoms with van der Waals surface area (Å²) in [5.74, 6) is -1.19. The third-order valence-electron chi connectivity index (χ3n) is 2.77. The van der Waals surface area contributed by atoms with E-state index in [0.717, 1.165) is 5.52 Å². The normalized spacial score (nSPS) is 12.2. The van der Waals surface area contributed by atoms with Crippen LogP contribution in [0.4, 0.5) is 4.79 Å². The van der Waals surface area contributed by atoms with Crippen molar-refractivity contribution in [3.8, 4) is 5.75 Å². The minimum Gasteiger partial charge on any atom is -0.508 e. The van der Waals surface area contributed by atoms with Gasteiger partial charge in [-0.3, -0.25) is 0 Å². The second-order valence-corrected chi connectivity index (χ2v) is 4.09. The van der Waals surface area contributed by atoms with Crippen molar-refractivity contribution in [2.45, 2.75) is 12.5 Å². The van der Waals surface area contributed by atoms with Gasteiger partial charge in [-0.05, 0) is 23.8 Å². The maximum absolute atomic E-state index is 11.0. The first-order chi connectivity index (χ1) is 8.97. The number of aromatic amines is 1. The fourth-order valence-corrected chi connectivity index (χ4v) is 1.90. The quantitative estimate of drug-likeness (QED) is 0.566. The zero-order valence-corrected chi connectivity index (χ0v) is 9.75. The highest BCUT2D eigenvalue weighted by Gasteiger charge is 2.21. The van der Waals surface area contributed by atoms with Gasteiger partial charge < -0.3 is 25.6 Å². The number of phenolic OH excluding ortho intramolecular Hbond substituents is 1. The van der Waals surface area contributed by atoms with Gasteiger partial charge in [-0.2, -0.15) is 0 Å². The molecule has 7 heteroatoms. The predicted octanol–water partition coefficient (Wildman–Crippen LogP) is 1.14. The summed E-state index contributed by atoms with van der Waals surface area (Å²) >= 11 is 0. The average molecular weight is 264 g/mol. The molecule has 0 aliphatic carbocycles. The number of amides is 1. The van der Waals surface area contributed by atoms with E-state index in [9.17, 15) is 14.7 Å². The Kier molecular flexibility index (Phi) is 3.28. The van der Waals surface area contributed by atoms with E-state index in [2.05, 4.69) is 4.98 Å². The Labute approximate surface area is 107 Å². The molecule has 0 saturated carbocycles. The second-order valence-electron chi connectivity index (χ2n) is 4.09. The van der Waals surface area contributed by atoms with Crippen LogP contribution < -0.4 is 5.32 Å². The summed E-state index contributed by atoms with van der Waals surface area (Å²) in [6.07, 6.45) is 0.198. The first-order valence-corrected chi connectivity index (χ1v) is 5.48. The largest absolute Gasteiger partial charge is 0.508 e. The molecule has 0 aliphatic rings. The number of aromatic nitrogens is 1. The Morgan fingerprint density at radius 1 is 1.32 bits per heavy atom. The van der Waals surface area contributed by atoms with Gasteiger partial charge in [0.05, 0.1) is 0 Å². The van der Waals surface area contributed by atoms with Crippen molar-refractivity contribution in [3.05, 3.63) is 30.0 Å². The zero-order valence-electron chi connectivity index (χ0n) is 9.75. The summed E-state index contributed by atoms with van der Waals surface area (Å²) in [5, 5.41) is 29.6. The molecule has 2 rings (SSSR count). The third kappa shape index (κ3) is 2.76. The number of H-pyrrole nitrogens is 1. The van der Waals surface area contributed by atoms with Crippen LogP contribution in [0.15, 0.2) is 24.4 Å². The van der Waals surface area contributed by atoms with Crippen molar-refractivity contribution in [3.63, 3.8) is 0 Å². The first kappa shape index (κ1) is 12.7. The highest BCUT2D eigenvalue weighted by atomic mass is 16.4. The predicted molar refractivity (Wildman–Crippen MR) is 66.3 cm³/mol. The molecule has 0 spiro atoms. The molecule has 0 saturated heterocycles. The molecule has 2 aromatic rings. The molecule has 0 bridgehead atoms. The number of fused-ring (bicyclic) bond motifs is 1. The van der Waals surface area contributed by atoms with E-state index in [-0.39, 0.29) is 12.2 Å². The topological polar surface area (TPSA) is 123 Å². The molecule has 1 atom stereocenters. The number of aliphatic carboxylic acids is 1. The molecule has 1 heterocycles. The van der Waals surface area contributed by atoms with E-state index < -0.39 is 18.1 Å². The van der Waals surface area contributed by atoms with Crippen LogP contribution in [0, 0.1) is 0 Å². The monoisotopic (exact) mass is 264 g/mol. The zero-order chi connectivity index (χ0) is 14.0. The van der Waals surface area contributed by atoms with Crippen LogP contribution in [-0.2, 0) is 11.2 Å². The third-order valence-corrected chi connectivity index (χ3v) is 2.77. The molecule has 1 aromatic carbocycles. The van der Waals surface area contributed by atoms with Crippen molar-refractivity contribution in [1.29, 1.82) is 0 Å². The van der Waals surface area contributed by atoms with Gasteiger partial charge in [0.1, 0.15) is 11.8 Å². The van der Waals surface area contributed by atoms with Crippen LogP contribution in [0.5, 0.6) is 5.75 Å². The van der Waals surface area contributed by atoms with Crippen molar-refractivity contribution >= 4 is 23.0 Å². The van der Waals surface area contributed by atoms with E-state index in [4.69, 9.17) is 10.2 Å². The van der Waals surface area contributed by atoms with E-state index in [1.807, 2.05) is 5.32 Å². The van der Waals surface area contributed by atoms with Gasteiger partial charge >= 0.3 is 12.1 Å². The Balaban J connectivity index is 2.31. The molecule has 0 radical (unpaired) electrons. The van der Waals surface area contributed by atoms with Crippen LogP contribution in [-0.4, -0.2) is 38.4 Å². The Morgan fingerprint density at radius 2 is 2.05 bits per heavy atom. The fourth-order valence-electron chi connectivity index (χ4n) is 1.90. The molecular formula is C12H12N2O5. The Morgan fingerprint density at radius 3 is 2.68 bits per heavy atom. The lowest BCUT2D eigenvalue weighted by Gasteiger charge is -2.11. The average Bonchev–Trinajstić information content (AvgIpc) is 2.70. The van der Waals surface area contributed by atoms with Crippen molar-refractivity contribution < 1.29 is 24.9 Å². The molecule has 0 aliphatic heterocycles. The number of aromatic hydroxyl groups is 1. The smallest absolute Gasteiger partial charge is 0.405 e. The lowest BCUT2D eigenvalue weighted by molar-refractivity contribution is -0.139. The standard InChI is InChI=1S/C12H12N2O5/c15-7-1-2-9-8(4-7)6(5-13-9)3-10(11(16)17)14-12(18)19/h1-2,4-5,10,13-15H,3H2,(H,16,17)(H,18,19)/t10-/m0/s1. The van der Waals surface area contributed by atoms with Gasteiger partial charge in [0.25, 0.3) is 0 Å².